The van der Waals surface area contributed by atoms with Crippen molar-refractivity contribution in [2.45, 2.75) is 32.9 Å². The molecule has 0 aliphatic carbocycles. The number of nitrogens with zero attached hydrogens (tertiary/aromatic N) is 3. The minimum absolute atomic E-state index is 0.115. The second kappa shape index (κ2) is 9.14. The highest BCUT2D eigenvalue weighted by Crippen LogP contribution is 2.15. The topological polar surface area (TPSA) is 77.6 Å². The Hall–Kier alpha value is -3.45. The number of rotatable bonds is 8. The average Bonchev–Trinajstić information content (AvgIpc) is 3.27. The summed E-state index contributed by atoms with van der Waals surface area (Å²) < 4.78 is 9.01. The molecule has 3 aromatic heterocycles. The maximum Gasteiger partial charge on any atom is 0.276 e. The molecule has 1 aromatic carbocycles. The summed E-state index contributed by atoms with van der Waals surface area (Å²) in [6.07, 6.45) is 4.49. The highest BCUT2D eigenvalue weighted by Gasteiger charge is 2.13. The van der Waals surface area contributed by atoms with Gasteiger partial charge in [0.25, 0.3) is 11.5 Å². The van der Waals surface area contributed by atoms with Crippen molar-refractivity contribution in [2.75, 3.05) is 13.2 Å². The van der Waals surface area contributed by atoms with Gasteiger partial charge in [-0.15, -0.1) is 0 Å². The normalized spacial score (nSPS) is 11.5. The highest BCUT2D eigenvalue weighted by molar-refractivity contribution is 5.94. The summed E-state index contributed by atoms with van der Waals surface area (Å²) in [7, 11) is 0. The van der Waals surface area contributed by atoms with Crippen LogP contribution < -0.4 is 10.9 Å². The Labute approximate surface area is 180 Å². The molecule has 0 aliphatic heterocycles. The predicted molar refractivity (Wildman–Crippen MR) is 121 cm³/mol. The van der Waals surface area contributed by atoms with Gasteiger partial charge in [0, 0.05) is 31.1 Å². The van der Waals surface area contributed by atoms with Crippen LogP contribution in [0, 0.1) is 0 Å². The molecule has 1 N–H and O–H groups in total. The molecule has 4 rings (SSSR count). The fourth-order valence-electron chi connectivity index (χ4n) is 3.62. The SMILES string of the molecule is CC(C)OCCCNC(=O)c1cccc(Cn2c(=O)c3cccn3c3cccnc32)c1. The molecule has 0 atom stereocenters. The van der Waals surface area contributed by atoms with Gasteiger partial charge in [-0.3, -0.25) is 14.2 Å². The Balaban J connectivity index is 1.55. The Bertz CT molecular complexity index is 1270. The molecule has 0 unspecified atom stereocenters. The first-order valence-corrected chi connectivity index (χ1v) is 10.5. The van der Waals surface area contributed by atoms with Crippen LogP contribution in [0.25, 0.3) is 16.7 Å². The van der Waals surface area contributed by atoms with Crippen LogP contribution in [0.15, 0.2) is 65.7 Å². The maximum atomic E-state index is 13.1. The van der Waals surface area contributed by atoms with Gasteiger partial charge in [0.05, 0.1) is 18.2 Å². The van der Waals surface area contributed by atoms with Gasteiger partial charge in [-0.1, -0.05) is 12.1 Å². The average molecular weight is 418 g/mol. The third kappa shape index (κ3) is 4.51. The van der Waals surface area contributed by atoms with Crippen LogP contribution in [0.3, 0.4) is 0 Å². The smallest absolute Gasteiger partial charge is 0.276 e. The Morgan fingerprint density at radius 2 is 1.97 bits per heavy atom. The lowest BCUT2D eigenvalue weighted by molar-refractivity contribution is 0.0757. The van der Waals surface area contributed by atoms with Gasteiger partial charge in [0.15, 0.2) is 5.65 Å². The first-order valence-electron chi connectivity index (χ1n) is 10.5. The molecule has 3 heterocycles. The molecule has 0 fully saturated rings. The maximum absolute atomic E-state index is 13.1. The summed E-state index contributed by atoms with van der Waals surface area (Å²) in [5.74, 6) is -0.135. The molecule has 7 heteroatoms. The van der Waals surface area contributed by atoms with Crippen molar-refractivity contribution in [1.82, 2.24) is 19.3 Å². The number of benzene rings is 1. The van der Waals surface area contributed by atoms with Gasteiger partial charge in [-0.25, -0.2) is 4.98 Å². The number of carbonyl (C=O) groups is 1. The monoisotopic (exact) mass is 418 g/mol. The van der Waals surface area contributed by atoms with Gasteiger partial charge in [0.1, 0.15) is 5.52 Å². The van der Waals surface area contributed by atoms with Crippen LogP contribution in [0.2, 0.25) is 0 Å². The summed E-state index contributed by atoms with van der Waals surface area (Å²) >= 11 is 0. The van der Waals surface area contributed by atoms with E-state index in [9.17, 15) is 9.59 Å². The molecule has 7 nitrogen and oxygen atoms in total. The molecular formula is C24H26N4O3. The second-order valence-corrected chi connectivity index (χ2v) is 7.73. The van der Waals surface area contributed by atoms with Gasteiger partial charge in [0.2, 0.25) is 0 Å². The summed E-state index contributed by atoms with van der Waals surface area (Å²) in [5.41, 5.74) is 3.38. The van der Waals surface area contributed by atoms with Crippen LogP contribution in [-0.4, -0.2) is 39.1 Å². The Kier molecular flexibility index (Phi) is 6.13. The van der Waals surface area contributed by atoms with Crippen molar-refractivity contribution in [2.24, 2.45) is 0 Å². The number of nitrogens with one attached hydrogen (secondary N) is 1. The van der Waals surface area contributed by atoms with Gasteiger partial charge < -0.3 is 14.5 Å². The van der Waals surface area contributed by atoms with Crippen molar-refractivity contribution < 1.29 is 9.53 Å². The fourth-order valence-corrected chi connectivity index (χ4v) is 3.62. The number of carbonyl (C=O) groups excluding carboxylic acids is 1. The number of amides is 1. The van der Waals surface area contributed by atoms with Crippen LogP contribution in [0.5, 0.6) is 0 Å². The minimum Gasteiger partial charge on any atom is -0.379 e. The van der Waals surface area contributed by atoms with E-state index in [-0.39, 0.29) is 17.6 Å². The van der Waals surface area contributed by atoms with Crippen LogP contribution in [0.4, 0.5) is 0 Å². The summed E-state index contributed by atoms with van der Waals surface area (Å²) in [4.78, 5) is 30.1. The molecular weight excluding hydrogens is 392 g/mol. The molecule has 0 spiro atoms. The molecule has 1 amide bonds. The lowest BCUT2D eigenvalue weighted by Crippen LogP contribution is -2.26. The standard InChI is InChI=1S/C24H26N4O3/c1-17(2)31-14-6-12-26-23(29)19-8-3-7-18(15-19)16-28-22-20(9-4-11-25-22)27-13-5-10-21(27)24(28)30/h3-5,7-11,13,15,17H,6,12,14,16H2,1-2H3,(H,26,29). The lowest BCUT2D eigenvalue weighted by atomic mass is 10.1. The van der Waals surface area contributed by atoms with Crippen LogP contribution in [0.1, 0.15) is 36.2 Å². The number of hydrogen-bond donors (Lipinski definition) is 1. The number of fused-ring (bicyclic) bond motifs is 3. The van der Waals surface area contributed by atoms with Gasteiger partial charge in [-0.2, -0.15) is 0 Å². The molecule has 4 aromatic rings. The molecule has 0 saturated carbocycles. The van der Waals surface area contributed by atoms with E-state index in [1.807, 2.05) is 60.8 Å². The predicted octanol–water partition coefficient (Wildman–Crippen LogP) is 3.24. The summed E-state index contributed by atoms with van der Waals surface area (Å²) in [6, 6.07) is 14.8. The van der Waals surface area contributed by atoms with E-state index in [0.717, 1.165) is 17.5 Å². The zero-order valence-electron chi connectivity index (χ0n) is 17.7. The third-order valence-corrected chi connectivity index (χ3v) is 5.08. The van der Waals surface area contributed by atoms with E-state index in [1.165, 1.54) is 0 Å². The number of ether oxygens (including phenoxy) is 1. The largest absolute Gasteiger partial charge is 0.379 e. The Morgan fingerprint density at radius 1 is 1.13 bits per heavy atom. The van der Waals surface area contributed by atoms with E-state index < -0.39 is 0 Å². The molecule has 0 bridgehead atoms. The van der Waals surface area contributed by atoms with Crippen molar-refractivity contribution in [1.29, 1.82) is 0 Å². The second-order valence-electron chi connectivity index (χ2n) is 7.73. The highest BCUT2D eigenvalue weighted by atomic mass is 16.5. The first-order chi connectivity index (χ1) is 15.0. The van der Waals surface area contributed by atoms with Crippen molar-refractivity contribution >= 4 is 22.6 Å². The molecule has 0 saturated heterocycles. The first kappa shape index (κ1) is 20.8. The zero-order valence-corrected chi connectivity index (χ0v) is 17.7. The van der Waals surface area contributed by atoms with E-state index >= 15 is 0 Å². The zero-order chi connectivity index (χ0) is 21.8. The number of pyridine rings is 1. The molecule has 31 heavy (non-hydrogen) atoms. The van der Waals surface area contributed by atoms with Crippen molar-refractivity contribution in [3.63, 3.8) is 0 Å². The summed E-state index contributed by atoms with van der Waals surface area (Å²) in [5, 5.41) is 2.92. The van der Waals surface area contributed by atoms with Crippen LogP contribution >= 0.6 is 0 Å². The molecule has 0 radical (unpaired) electrons. The van der Waals surface area contributed by atoms with Crippen molar-refractivity contribution in [3.8, 4) is 0 Å². The quantitative estimate of drug-likeness (QED) is 0.446. The van der Waals surface area contributed by atoms with Crippen molar-refractivity contribution in [3.05, 3.63) is 82.4 Å². The van der Waals surface area contributed by atoms with Gasteiger partial charge >= 0.3 is 0 Å². The molecule has 160 valence electrons. The Morgan fingerprint density at radius 3 is 2.81 bits per heavy atom. The van der Waals surface area contributed by atoms with E-state index in [2.05, 4.69) is 10.3 Å². The third-order valence-electron chi connectivity index (χ3n) is 5.08. The van der Waals surface area contributed by atoms with E-state index in [1.54, 1.807) is 22.9 Å². The molecule has 0 aliphatic rings. The van der Waals surface area contributed by atoms with Crippen LogP contribution in [-0.2, 0) is 11.3 Å². The number of aromatic nitrogens is 3. The minimum atomic E-state index is -0.135. The fraction of sp³-hybridized carbons (Fsp3) is 0.292. The summed E-state index contributed by atoms with van der Waals surface area (Å²) in [6.45, 7) is 5.47. The van der Waals surface area contributed by atoms with E-state index in [4.69, 9.17) is 4.74 Å². The van der Waals surface area contributed by atoms with Gasteiger partial charge in [-0.05, 0) is 62.2 Å². The van der Waals surface area contributed by atoms with E-state index in [0.29, 0.717) is 36.4 Å². The number of hydrogen-bond acceptors (Lipinski definition) is 4. The lowest BCUT2D eigenvalue weighted by Gasteiger charge is -2.13.